The summed E-state index contributed by atoms with van der Waals surface area (Å²) < 4.78 is 5.85. The summed E-state index contributed by atoms with van der Waals surface area (Å²) >= 11 is 6.26. The number of ether oxygens (including phenoxy) is 1. The summed E-state index contributed by atoms with van der Waals surface area (Å²) in [6, 6.07) is 24.8. The third-order valence-electron chi connectivity index (χ3n) is 7.04. The van der Waals surface area contributed by atoms with Crippen LogP contribution in [-0.4, -0.2) is 35.4 Å². The molecule has 1 fully saturated rings. The lowest BCUT2D eigenvalue weighted by Crippen LogP contribution is -2.52. The van der Waals surface area contributed by atoms with Gasteiger partial charge >= 0.3 is 0 Å². The predicted molar refractivity (Wildman–Crippen MR) is 152 cm³/mol. The van der Waals surface area contributed by atoms with Crippen molar-refractivity contribution in [3.05, 3.63) is 101 Å². The molecule has 0 radical (unpaired) electrons. The summed E-state index contributed by atoms with van der Waals surface area (Å²) in [7, 11) is 0. The molecule has 0 heterocycles. The van der Waals surface area contributed by atoms with E-state index >= 15 is 0 Å². The van der Waals surface area contributed by atoms with Crippen LogP contribution in [0.3, 0.4) is 0 Å². The Morgan fingerprint density at radius 3 is 2.39 bits per heavy atom. The summed E-state index contributed by atoms with van der Waals surface area (Å²) in [6.45, 7) is 2.77. The van der Waals surface area contributed by atoms with Gasteiger partial charge < -0.3 is 15.0 Å². The van der Waals surface area contributed by atoms with Crippen LogP contribution >= 0.6 is 11.6 Å². The number of carbonyl (C=O) groups excluding carboxylic acids is 2. The molecule has 1 aliphatic carbocycles. The molecule has 3 aromatic rings. The number of hydrogen-bond donors (Lipinski definition) is 1. The van der Waals surface area contributed by atoms with Gasteiger partial charge in [0.2, 0.25) is 11.8 Å². The zero-order chi connectivity index (χ0) is 26.7. The van der Waals surface area contributed by atoms with Gasteiger partial charge in [-0.25, -0.2) is 0 Å². The second-order valence-electron chi connectivity index (χ2n) is 10.1. The third kappa shape index (κ3) is 8.35. The summed E-state index contributed by atoms with van der Waals surface area (Å²) in [5.74, 6) is 0.628. The number of nitrogens with one attached hydrogen (secondary N) is 1. The molecule has 3 aromatic carbocycles. The lowest BCUT2D eigenvalue weighted by atomic mass is 10.0. The molecular weight excluding hydrogens is 496 g/mol. The number of halogens is 1. The summed E-state index contributed by atoms with van der Waals surface area (Å²) in [5, 5.41) is 3.85. The Labute approximate surface area is 231 Å². The fourth-order valence-electron chi connectivity index (χ4n) is 4.95. The monoisotopic (exact) mass is 532 g/mol. The van der Waals surface area contributed by atoms with E-state index in [1.807, 2.05) is 85.8 Å². The van der Waals surface area contributed by atoms with Crippen LogP contribution < -0.4 is 10.1 Å². The minimum atomic E-state index is -0.623. The van der Waals surface area contributed by atoms with Crippen LogP contribution in [0.2, 0.25) is 5.02 Å². The first kappa shape index (κ1) is 27.7. The summed E-state index contributed by atoms with van der Waals surface area (Å²) in [4.78, 5) is 29.1. The zero-order valence-electron chi connectivity index (χ0n) is 22.1. The highest BCUT2D eigenvalue weighted by Crippen LogP contribution is 2.21. The van der Waals surface area contributed by atoms with Gasteiger partial charge in [-0.3, -0.25) is 9.59 Å². The molecule has 1 saturated carbocycles. The highest BCUT2D eigenvalue weighted by Gasteiger charge is 2.32. The number of hydrogen-bond acceptors (Lipinski definition) is 3. The number of nitrogens with zero attached hydrogens (tertiary/aromatic N) is 1. The van der Waals surface area contributed by atoms with Crippen LogP contribution in [0.4, 0.5) is 0 Å². The van der Waals surface area contributed by atoms with Crippen molar-refractivity contribution < 1.29 is 14.3 Å². The first-order chi connectivity index (χ1) is 18.5. The van der Waals surface area contributed by atoms with E-state index in [9.17, 15) is 9.59 Å². The third-order valence-corrected chi connectivity index (χ3v) is 7.27. The van der Waals surface area contributed by atoms with Crippen molar-refractivity contribution in [1.29, 1.82) is 0 Å². The fourth-order valence-corrected chi connectivity index (χ4v) is 5.16. The molecule has 1 N–H and O–H groups in total. The van der Waals surface area contributed by atoms with Crippen LogP contribution in [0.25, 0.3) is 0 Å². The standard InChI is InChI=1S/C32H37ClN2O3/c1-24-16-18-29(19-17-24)38-20-8-15-31(36)35(23-26-11-7-12-27(33)21-26)30(22-25-9-3-2-4-10-25)32(37)34-28-13-5-6-14-28/h2-4,7,9-12,16-19,21,28,30H,5-6,8,13-15,20,22-23H2,1H3,(H,34,37). The van der Waals surface area contributed by atoms with E-state index in [4.69, 9.17) is 16.3 Å². The van der Waals surface area contributed by atoms with E-state index in [2.05, 4.69) is 5.32 Å². The molecule has 0 saturated heterocycles. The van der Waals surface area contributed by atoms with Gasteiger partial charge in [-0.15, -0.1) is 0 Å². The molecular formula is C32H37ClN2O3. The van der Waals surface area contributed by atoms with E-state index in [1.54, 1.807) is 4.90 Å². The average molecular weight is 533 g/mol. The Kier molecular flexibility index (Phi) is 10.2. The lowest BCUT2D eigenvalue weighted by molar-refractivity contribution is -0.141. The molecule has 0 bridgehead atoms. The normalized spacial score (nSPS) is 14.2. The molecule has 38 heavy (non-hydrogen) atoms. The van der Waals surface area contributed by atoms with Gasteiger partial charge in [0.15, 0.2) is 0 Å². The highest BCUT2D eigenvalue weighted by molar-refractivity contribution is 6.30. The van der Waals surface area contributed by atoms with Crippen molar-refractivity contribution in [2.24, 2.45) is 0 Å². The Bertz CT molecular complexity index is 1180. The number of benzene rings is 3. The van der Waals surface area contributed by atoms with Crippen molar-refractivity contribution in [3.63, 3.8) is 0 Å². The van der Waals surface area contributed by atoms with Gasteiger partial charge in [0.05, 0.1) is 6.61 Å². The Balaban J connectivity index is 1.51. The van der Waals surface area contributed by atoms with Crippen molar-refractivity contribution in [2.75, 3.05) is 6.61 Å². The van der Waals surface area contributed by atoms with E-state index in [0.29, 0.717) is 31.0 Å². The number of rotatable bonds is 12. The topological polar surface area (TPSA) is 58.6 Å². The molecule has 0 aromatic heterocycles. The molecule has 6 heteroatoms. The van der Waals surface area contributed by atoms with Gasteiger partial charge in [0.1, 0.15) is 11.8 Å². The maximum Gasteiger partial charge on any atom is 0.243 e. The molecule has 1 unspecified atom stereocenters. The maximum absolute atomic E-state index is 13.7. The predicted octanol–water partition coefficient (Wildman–Crippen LogP) is 6.51. The largest absolute Gasteiger partial charge is 0.494 e. The molecule has 2 amide bonds. The average Bonchev–Trinajstić information content (AvgIpc) is 3.43. The summed E-state index contributed by atoms with van der Waals surface area (Å²) in [5.41, 5.74) is 3.09. The maximum atomic E-state index is 13.7. The van der Waals surface area contributed by atoms with E-state index in [0.717, 1.165) is 42.6 Å². The minimum Gasteiger partial charge on any atom is -0.494 e. The summed E-state index contributed by atoms with van der Waals surface area (Å²) in [6.07, 6.45) is 5.52. The van der Waals surface area contributed by atoms with Crippen molar-refractivity contribution in [3.8, 4) is 5.75 Å². The van der Waals surface area contributed by atoms with Crippen LogP contribution in [0.5, 0.6) is 5.75 Å². The van der Waals surface area contributed by atoms with Gasteiger partial charge in [-0.1, -0.05) is 84.6 Å². The molecule has 200 valence electrons. The second kappa shape index (κ2) is 14.0. The second-order valence-corrected chi connectivity index (χ2v) is 10.5. The molecule has 5 nitrogen and oxygen atoms in total. The van der Waals surface area contributed by atoms with Crippen LogP contribution in [0, 0.1) is 6.92 Å². The minimum absolute atomic E-state index is 0.0695. The van der Waals surface area contributed by atoms with Crippen molar-refractivity contribution >= 4 is 23.4 Å². The fraction of sp³-hybridized carbons (Fsp3) is 0.375. The zero-order valence-corrected chi connectivity index (χ0v) is 22.8. The van der Waals surface area contributed by atoms with Crippen molar-refractivity contribution in [2.45, 2.75) is 70.5 Å². The van der Waals surface area contributed by atoms with E-state index in [-0.39, 0.29) is 24.3 Å². The Hall–Kier alpha value is -3.31. The number of amides is 2. The molecule has 0 aliphatic heterocycles. The van der Waals surface area contributed by atoms with Crippen LogP contribution in [0.15, 0.2) is 78.9 Å². The van der Waals surface area contributed by atoms with E-state index < -0.39 is 6.04 Å². The van der Waals surface area contributed by atoms with Crippen molar-refractivity contribution in [1.82, 2.24) is 10.2 Å². The van der Waals surface area contributed by atoms with E-state index in [1.165, 1.54) is 5.56 Å². The van der Waals surface area contributed by atoms with Gasteiger partial charge in [-0.2, -0.15) is 0 Å². The number of aryl methyl sites for hydroxylation is 1. The van der Waals surface area contributed by atoms with Gasteiger partial charge in [0.25, 0.3) is 0 Å². The first-order valence-corrected chi connectivity index (χ1v) is 13.9. The molecule has 1 atom stereocenters. The van der Waals surface area contributed by atoms with Gasteiger partial charge in [0, 0.05) is 30.5 Å². The SMILES string of the molecule is Cc1ccc(OCCCC(=O)N(Cc2cccc(Cl)c2)C(Cc2ccccc2)C(=O)NC2CCCC2)cc1. The molecule has 1 aliphatic rings. The first-order valence-electron chi connectivity index (χ1n) is 13.6. The van der Waals surface area contributed by atoms with Gasteiger partial charge in [-0.05, 0) is 61.6 Å². The Morgan fingerprint density at radius 1 is 0.974 bits per heavy atom. The number of carbonyl (C=O) groups is 2. The molecule has 0 spiro atoms. The smallest absolute Gasteiger partial charge is 0.243 e. The molecule has 4 rings (SSSR count). The quantitative estimate of drug-likeness (QED) is 0.271. The van der Waals surface area contributed by atoms with Crippen LogP contribution in [-0.2, 0) is 22.6 Å². The Morgan fingerprint density at radius 2 is 1.68 bits per heavy atom. The highest BCUT2D eigenvalue weighted by atomic mass is 35.5. The van der Waals surface area contributed by atoms with Crippen LogP contribution in [0.1, 0.15) is 55.2 Å². The lowest BCUT2D eigenvalue weighted by Gasteiger charge is -2.32.